The number of hydrogen-bond acceptors (Lipinski definition) is 1. The fraction of sp³-hybridized carbons (Fsp3) is 0.333. The van der Waals surface area contributed by atoms with Crippen LogP contribution in [-0.4, -0.2) is 0 Å². The molecule has 1 aromatic rings. The summed E-state index contributed by atoms with van der Waals surface area (Å²) in [7, 11) is 0. The van der Waals surface area contributed by atoms with Crippen molar-refractivity contribution in [2.75, 3.05) is 0 Å². The van der Waals surface area contributed by atoms with Gasteiger partial charge in [0.1, 0.15) is 0 Å². The fourth-order valence-corrected chi connectivity index (χ4v) is 1.59. The smallest absolute Gasteiger partial charge is 0.00613 e. The van der Waals surface area contributed by atoms with Crippen molar-refractivity contribution in [2.45, 2.75) is 19.3 Å². The standard InChI is InChI=1S/C9H12S/c1-2-3-4-5-9-6-7-10-8-9/h2,6-8H,1,3-5H2. The minimum Gasteiger partial charge on any atom is -0.152 e. The molecule has 0 aliphatic carbocycles. The molecule has 0 spiro atoms. The average Bonchev–Trinajstić information content (AvgIpc) is 2.41. The molecule has 0 bridgehead atoms. The zero-order valence-corrected chi connectivity index (χ0v) is 6.86. The summed E-state index contributed by atoms with van der Waals surface area (Å²) in [5.74, 6) is 0. The first-order chi connectivity index (χ1) is 4.93. The lowest BCUT2D eigenvalue weighted by atomic mass is 10.1. The van der Waals surface area contributed by atoms with Crippen LogP contribution in [0.2, 0.25) is 0 Å². The van der Waals surface area contributed by atoms with E-state index in [1.807, 2.05) is 6.08 Å². The summed E-state index contributed by atoms with van der Waals surface area (Å²) >= 11 is 1.77. The van der Waals surface area contributed by atoms with Crippen molar-refractivity contribution in [3.8, 4) is 0 Å². The maximum atomic E-state index is 3.68. The van der Waals surface area contributed by atoms with E-state index in [1.165, 1.54) is 18.4 Å². The van der Waals surface area contributed by atoms with Crippen LogP contribution in [0.1, 0.15) is 18.4 Å². The van der Waals surface area contributed by atoms with Crippen LogP contribution in [0.3, 0.4) is 0 Å². The van der Waals surface area contributed by atoms with Crippen LogP contribution in [0.4, 0.5) is 0 Å². The maximum absolute atomic E-state index is 3.68. The second-order valence-corrected chi connectivity index (χ2v) is 3.09. The van der Waals surface area contributed by atoms with Gasteiger partial charge in [0.2, 0.25) is 0 Å². The SMILES string of the molecule is C=CCCCc1ccsc1. The summed E-state index contributed by atoms with van der Waals surface area (Å²) in [6.45, 7) is 3.68. The van der Waals surface area contributed by atoms with Gasteiger partial charge in [-0.3, -0.25) is 0 Å². The van der Waals surface area contributed by atoms with Crippen LogP contribution >= 0.6 is 11.3 Å². The lowest BCUT2D eigenvalue weighted by Gasteiger charge is -1.91. The molecule has 10 heavy (non-hydrogen) atoms. The third kappa shape index (κ3) is 2.36. The molecule has 0 aromatic carbocycles. The predicted octanol–water partition coefficient (Wildman–Crippen LogP) is 3.26. The molecule has 0 amide bonds. The van der Waals surface area contributed by atoms with Gasteiger partial charge in [-0.2, -0.15) is 11.3 Å². The first-order valence-electron chi connectivity index (χ1n) is 3.55. The molecule has 1 heterocycles. The number of aryl methyl sites for hydroxylation is 1. The molecule has 0 N–H and O–H groups in total. The summed E-state index contributed by atoms with van der Waals surface area (Å²) < 4.78 is 0. The van der Waals surface area contributed by atoms with Crippen molar-refractivity contribution in [1.29, 1.82) is 0 Å². The van der Waals surface area contributed by atoms with Gasteiger partial charge < -0.3 is 0 Å². The Morgan fingerprint density at radius 1 is 1.60 bits per heavy atom. The second kappa shape index (κ2) is 4.29. The number of hydrogen-bond donors (Lipinski definition) is 0. The Hall–Kier alpha value is -0.560. The lowest BCUT2D eigenvalue weighted by Crippen LogP contribution is -1.78. The maximum Gasteiger partial charge on any atom is -0.00613 e. The van der Waals surface area contributed by atoms with Crippen molar-refractivity contribution < 1.29 is 0 Å². The Morgan fingerprint density at radius 2 is 2.50 bits per heavy atom. The third-order valence-electron chi connectivity index (χ3n) is 1.45. The Morgan fingerprint density at radius 3 is 3.10 bits per heavy atom. The number of thiophene rings is 1. The van der Waals surface area contributed by atoms with Crippen molar-refractivity contribution in [3.63, 3.8) is 0 Å². The third-order valence-corrected chi connectivity index (χ3v) is 2.19. The van der Waals surface area contributed by atoms with Crippen molar-refractivity contribution >= 4 is 11.3 Å². The largest absolute Gasteiger partial charge is 0.152 e. The highest BCUT2D eigenvalue weighted by atomic mass is 32.1. The number of rotatable bonds is 4. The Balaban J connectivity index is 2.21. The molecule has 0 unspecified atom stereocenters. The van der Waals surface area contributed by atoms with Crippen molar-refractivity contribution in [2.24, 2.45) is 0 Å². The van der Waals surface area contributed by atoms with E-state index in [9.17, 15) is 0 Å². The molecule has 0 aliphatic rings. The molecule has 1 rings (SSSR count). The normalized spacial score (nSPS) is 9.60. The quantitative estimate of drug-likeness (QED) is 0.459. The molecule has 0 saturated heterocycles. The van der Waals surface area contributed by atoms with E-state index in [0.717, 1.165) is 6.42 Å². The Labute approximate surface area is 66.2 Å². The van der Waals surface area contributed by atoms with Gasteiger partial charge in [-0.1, -0.05) is 6.08 Å². The van der Waals surface area contributed by atoms with Gasteiger partial charge in [-0.25, -0.2) is 0 Å². The molecular weight excluding hydrogens is 140 g/mol. The minimum atomic E-state index is 1.13. The van der Waals surface area contributed by atoms with E-state index in [1.54, 1.807) is 11.3 Å². The van der Waals surface area contributed by atoms with Gasteiger partial charge in [0.25, 0.3) is 0 Å². The van der Waals surface area contributed by atoms with Gasteiger partial charge in [0.05, 0.1) is 0 Å². The summed E-state index contributed by atoms with van der Waals surface area (Å²) in [6.07, 6.45) is 5.55. The van der Waals surface area contributed by atoms with E-state index >= 15 is 0 Å². The highest BCUT2D eigenvalue weighted by Crippen LogP contribution is 2.09. The van der Waals surface area contributed by atoms with Gasteiger partial charge in [-0.15, -0.1) is 6.58 Å². The molecule has 0 saturated carbocycles. The van der Waals surface area contributed by atoms with Gasteiger partial charge in [0.15, 0.2) is 0 Å². The first-order valence-corrected chi connectivity index (χ1v) is 4.49. The van der Waals surface area contributed by atoms with Crippen LogP contribution in [0.5, 0.6) is 0 Å². The number of unbranched alkanes of at least 4 members (excludes halogenated alkanes) is 1. The Kier molecular flexibility index (Phi) is 3.23. The molecule has 1 aromatic heterocycles. The molecule has 0 atom stereocenters. The molecule has 0 nitrogen and oxygen atoms in total. The lowest BCUT2D eigenvalue weighted by molar-refractivity contribution is 0.847. The Bertz CT molecular complexity index is 175. The zero-order valence-electron chi connectivity index (χ0n) is 6.05. The summed E-state index contributed by atoms with van der Waals surface area (Å²) in [5, 5.41) is 4.34. The summed E-state index contributed by atoms with van der Waals surface area (Å²) in [4.78, 5) is 0. The average molecular weight is 152 g/mol. The monoisotopic (exact) mass is 152 g/mol. The highest BCUT2D eigenvalue weighted by molar-refractivity contribution is 7.07. The molecular formula is C9H12S. The van der Waals surface area contributed by atoms with Crippen LogP contribution in [0.25, 0.3) is 0 Å². The highest BCUT2D eigenvalue weighted by Gasteiger charge is 1.89. The van der Waals surface area contributed by atoms with E-state index in [-0.39, 0.29) is 0 Å². The van der Waals surface area contributed by atoms with E-state index in [4.69, 9.17) is 0 Å². The van der Waals surface area contributed by atoms with Gasteiger partial charge in [0, 0.05) is 0 Å². The van der Waals surface area contributed by atoms with Crippen molar-refractivity contribution in [1.82, 2.24) is 0 Å². The minimum absolute atomic E-state index is 1.13. The van der Waals surface area contributed by atoms with Gasteiger partial charge >= 0.3 is 0 Å². The first kappa shape index (κ1) is 7.55. The van der Waals surface area contributed by atoms with Crippen LogP contribution in [0.15, 0.2) is 29.5 Å². The fourth-order valence-electron chi connectivity index (χ4n) is 0.885. The van der Waals surface area contributed by atoms with Gasteiger partial charge in [-0.05, 0) is 41.7 Å². The van der Waals surface area contributed by atoms with E-state index in [2.05, 4.69) is 23.4 Å². The van der Waals surface area contributed by atoms with Crippen LogP contribution in [0, 0.1) is 0 Å². The molecule has 0 aliphatic heterocycles. The van der Waals surface area contributed by atoms with E-state index in [0.29, 0.717) is 0 Å². The molecule has 1 heteroatoms. The second-order valence-electron chi connectivity index (χ2n) is 2.31. The zero-order chi connectivity index (χ0) is 7.23. The van der Waals surface area contributed by atoms with Crippen LogP contribution < -0.4 is 0 Å². The van der Waals surface area contributed by atoms with Crippen molar-refractivity contribution in [3.05, 3.63) is 35.0 Å². The molecule has 0 radical (unpaired) electrons. The number of allylic oxidation sites excluding steroid dienone is 1. The summed E-state index contributed by atoms with van der Waals surface area (Å²) in [6, 6.07) is 2.19. The van der Waals surface area contributed by atoms with Crippen LogP contribution in [-0.2, 0) is 6.42 Å². The van der Waals surface area contributed by atoms with E-state index < -0.39 is 0 Å². The predicted molar refractivity (Wildman–Crippen MR) is 47.5 cm³/mol. The summed E-state index contributed by atoms with van der Waals surface area (Å²) in [5.41, 5.74) is 1.46. The molecule has 0 fully saturated rings. The molecule has 54 valence electrons. The topological polar surface area (TPSA) is 0 Å².